The van der Waals surface area contributed by atoms with Crippen molar-refractivity contribution in [2.45, 2.75) is 20.3 Å². The number of hydrogen-bond donors (Lipinski definition) is 0. The van der Waals surface area contributed by atoms with Crippen molar-refractivity contribution in [1.29, 1.82) is 0 Å². The summed E-state index contributed by atoms with van der Waals surface area (Å²) >= 11 is 0. The van der Waals surface area contributed by atoms with Crippen molar-refractivity contribution in [3.05, 3.63) is 34.9 Å². The first-order chi connectivity index (χ1) is 4.83. The minimum atomic E-state index is 0.732. The second-order valence-corrected chi connectivity index (χ2v) is 3.05. The maximum atomic E-state index is 2.33. The molecule has 52 valence electrons. The molecule has 0 aromatic carbocycles. The third-order valence-electron chi connectivity index (χ3n) is 2.43. The monoisotopic (exact) mass is 132 g/mol. The zero-order chi connectivity index (χ0) is 7.14. The molecule has 2 aliphatic carbocycles. The van der Waals surface area contributed by atoms with Crippen molar-refractivity contribution in [3.8, 4) is 0 Å². The Kier molecular flexibility index (Phi) is 1.10. The van der Waals surface area contributed by atoms with E-state index in [0.29, 0.717) is 0 Å². The molecular formula is C10H12. The van der Waals surface area contributed by atoms with Crippen molar-refractivity contribution in [2.24, 2.45) is 5.92 Å². The van der Waals surface area contributed by atoms with Gasteiger partial charge >= 0.3 is 0 Å². The predicted molar refractivity (Wildman–Crippen MR) is 43.7 cm³/mol. The van der Waals surface area contributed by atoms with Gasteiger partial charge in [-0.15, -0.1) is 0 Å². The number of hydrogen-bond acceptors (Lipinski definition) is 0. The molecule has 0 saturated carbocycles. The van der Waals surface area contributed by atoms with Crippen LogP contribution in [0.5, 0.6) is 0 Å². The van der Waals surface area contributed by atoms with E-state index in [4.69, 9.17) is 0 Å². The summed E-state index contributed by atoms with van der Waals surface area (Å²) in [7, 11) is 0. The van der Waals surface area contributed by atoms with Gasteiger partial charge in [0.15, 0.2) is 0 Å². The van der Waals surface area contributed by atoms with Crippen LogP contribution in [0.15, 0.2) is 34.9 Å². The molecule has 0 nitrogen and oxygen atoms in total. The van der Waals surface area contributed by atoms with Crippen molar-refractivity contribution < 1.29 is 0 Å². The van der Waals surface area contributed by atoms with Gasteiger partial charge in [-0.1, -0.05) is 30.7 Å². The van der Waals surface area contributed by atoms with Crippen LogP contribution in [0.3, 0.4) is 0 Å². The average Bonchev–Trinajstić information content (AvgIpc) is 2.62. The van der Waals surface area contributed by atoms with Crippen LogP contribution in [0, 0.1) is 5.92 Å². The second kappa shape index (κ2) is 1.85. The lowest BCUT2D eigenvalue weighted by molar-refractivity contribution is 1.07. The van der Waals surface area contributed by atoms with E-state index in [1.54, 1.807) is 11.1 Å². The van der Waals surface area contributed by atoms with Crippen LogP contribution in [0.2, 0.25) is 0 Å². The van der Waals surface area contributed by atoms with E-state index in [-0.39, 0.29) is 0 Å². The number of fused-ring (bicyclic) bond motifs is 1. The van der Waals surface area contributed by atoms with Gasteiger partial charge in [0.05, 0.1) is 0 Å². The minimum absolute atomic E-state index is 0.732. The molecule has 2 rings (SSSR count). The molecule has 0 N–H and O–H groups in total. The highest BCUT2D eigenvalue weighted by Gasteiger charge is 2.30. The third kappa shape index (κ3) is 0.683. The Morgan fingerprint density at radius 3 is 2.90 bits per heavy atom. The van der Waals surface area contributed by atoms with Crippen molar-refractivity contribution >= 4 is 0 Å². The minimum Gasteiger partial charge on any atom is -0.0727 e. The summed E-state index contributed by atoms with van der Waals surface area (Å²) in [5.74, 6) is 0.732. The van der Waals surface area contributed by atoms with Gasteiger partial charge in [0.2, 0.25) is 0 Å². The van der Waals surface area contributed by atoms with E-state index in [2.05, 4.69) is 32.1 Å². The van der Waals surface area contributed by atoms with Crippen LogP contribution in [0.4, 0.5) is 0 Å². The average molecular weight is 132 g/mol. The standard InChI is InChI=1S/C10H12/c1-3-8-4-5-9-7(2)10(9)6-8/h4-6,9H,3H2,1-2H3. The summed E-state index contributed by atoms with van der Waals surface area (Å²) in [5, 5.41) is 0. The van der Waals surface area contributed by atoms with E-state index in [1.165, 1.54) is 12.0 Å². The highest BCUT2D eigenvalue weighted by Crippen LogP contribution is 2.44. The Hall–Kier alpha value is -0.780. The lowest BCUT2D eigenvalue weighted by Crippen LogP contribution is -1.84. The first-order valence-corrected chi connectivity index (χ1v) is 3.92. The summed E-state index contributed by atoms with van der Waals surface area (Å²) in [5.41, 5.74) is 4.61. The molecule has 2 aliphatic rings. The van der Waals surface area contributed by atoms with Gasteiger partial charge in [-0.25, -0.2) is 0 Å². The van der Waals surface area contributed by atoms with Crippen LogP contribution in [0.25, 0.3) is 0 Å². The normalized spacial score (nSPS) is 28.2. The molecule has 0 bridgehead atoms. The molecule has 0 aliphatic heterocycles. The Morgan fingerprint density at radius 1 is 1.50 bits per heavy atom. The number of allylic oxidation sites excluding steroid dienone is 6. The van der Waals surface area contributed by atoms with Crippen LogP contribution >= 0.6 is 0 Å². The molecule has 1 unspecified atom stereocenters. The largest absolute Gasteiger partial charge is 0.0727 e. The summed E-state index contributed by atoms with van der Waals surface area (Å²) in [4.78, 5) is 0. The maximum absolute atomic E-state index is 2.33. The molecule has 0 spiro atoms. The summed E-state index contributed by atoms with van der Waals surface area (Å²) in [6, 6.07) is 0. The Bertz CT molecular complexity index is 251. The van der Waals surface area contributed by atoms with Crippen LogP contribution in [-0.4, -0.2) is 0 Å². The molecular weight excluding hydrogens is 120 g/mol. The molecule has 1 atom stereocenters. The molecule has 0 radical (unpaired) electrons. The maximum Gasteiger partial charge on any atom is 0.0234 e. The van der Waals surface area contributed by atoms with Gasteiger partial charge in [-0.05, 0) is 24.5 Å². The fourth-order valence-corrected chi connectivity index (χ4v) is 1.52. The van der Waals surface area contributed by atoms with Gasteiger partial charge in [-0.2, -0.15) is 0 Å². The van der Waals surface area contributed by atoms with Crippen LogP contribution < -0.4 is 0 Å². The summed E-state index contributed by atoms with van der Waals surface area (Å²) < 4.78 is 0. The Balaban J connectivity index is 2.27. The molecule has 0 amide bonds. The molecule has 0 saturated heterocycles. The summed E-state index contributed by atoms with van der Waals surface area (Å²) in [6.45, 7) is 4.42. The van der Waals surface area contributed by atoms with Gasteiger partial charge < -0.3 is 0 Å². The quantitative estimate of drug-likeness (QED) is 0.514. The fraction of sp³-hybridized carbons (Fsp3) is 0.400. The molecule has 0 fully saturated rings. The van der Waals surface area contributed by atoms with Gasteiger partial charge in [0.1, 0.15) is 0 Å². The van der Waals surface area contributed by atoms with E-state index in [9.17, 15) is 0 Å². The molecule has 0 aromatic rings. The zero-order valence-electron chi connectivity index (χ0n) is 6.52. The van der Waals surface area contributed by atoms with Crippen molar-refractivity contribution in [2.75, 3.05) is 0 Å². The molecule has 0 aromatic heterocycles. The molecule has 0 heterocycles. The smallest absolute Gasteiger partial charge is 0.0234 e. The van der Waals surface area contributed by atoms with Crippen molar-refractivity contribution in [1.82, 2.24) is 0 Å². The second-order valence-electron chi connectivity index (χ2n) is 3.05. The third-order valence-corrected chi connectivity index (χ3v) is 2.43. The van der Waals surface area contributed by atoms with Gasteiger partial charge in [-0.3, -0.25) is 0 Å². The predicted octanol–water partition coefficient (Wildman–Crippen LogP) is 2.84. The van der Waals surface area contributed by atoms with E-state index >= 15 is 0 Å². The van der Waals surface area contributed by atoms with Crippen molar-refractivity contribution in [3.63, 3.8) is 0 Å². The summed E-state index contributed by atoms with van der Waals surface area (Å²) in [6.07, 6.45) is 8.06. The Morgan fingerprint density at radius 2 is 2.30 bits per heavy atom. The zero-order valence-corrected chi connectivity index (χ0v) is 6.52. The van der Waals surface area contributed by atoms with E-state index in [1.807, 2.05) is 0 Å². The highest BCUT2D eigenvalue weighted by atomic mass is 14.3. The first-order valence-electron chi connectivity index (χ1n) is 3.92. The van der Waals surface area contributed by atoms with E-state index < -0.39 is 0 Å². The highest BCUT2D eigenvalue weighted by molar-refractivity contribution is 5.56. The fourth-order valence-electron chi connectivity index (χ4n) is 1.52. The van der Waals surface area contributed by atoms with Crippen LogP contribution in [0.1, 0.15) is 20.3 Å². The SMILES string of the molecule is CCC1=CC2=C(C)C2C=C1. The molecule has 10 heavy (non-hydrogen) atoms. The lowest BCUT2D eigenvalue weighted by Gasteiger charge is -2.00. The number of rotatable bonds is 1. The Labute approximate surface area is 61.9 Å². The van der Waals surface area contributed by atoms with Gasteiger partial charge in [0, 0.05) is 5.92 Å². The first kappa shape index (κ1) is 5.96. The van der Waals surface area contributed by atoms with E-state index in [0.717, 1.165) is 5.92 Å². The van der Waals surface area contributed by atoms with Gasteiger partial charge in [0.25, 0.3) is 0 Å². The topological polar surface area (TPSA) is 0 Å². The molecule has 0 heteroatoms. The lowest BCUT2D eigenvalue weighted by atomic mass is 10.0. The van der Waals surface area contributed by atoms with Crippen LogP contribution in [-0.2, 0) is 0 Å².